The summed E-state index contributed by atoms with van der Waals surface area (Å²) in [7, 11) is 6.57. The van der Waals surface area contributed by atoms with Crippen molar-refractivity contribution in [2.24, 2.45) is 5.73 Å². The van der Waals surface area contributed by atoms with E-state index in [0.717, 1.165) is 5.56 Å². The highest BCUT2D eigenvalue weighted by Gasteiger charge is 2.15. The van der Waals surface area contributed by atoms with Gasteiger partial charge in [-0.05, 0) is 17.7 Å². The minimum Gasteiger partial charge on any atom is -0.493 e. The van der Waals surface area contributed by atoms with Crippen molar-refractivity contribution >= 4 is 5.91 Å². The topological polar surface area (TPSA) is 64.8 Å². The highest BCUT2D eigenvalue weighted by atomic mass is 16.5. The molecule has 0 aromatic heterocycles. The Morgan fingerprint density at radius 1 is 1.28 bits per heavy atom. The van der Waals surface area contributed by atoms with Crippen molar-refractivity contribution in [2.45, 2.75) is 12.5 Å². The van der Waals surface area contributed by atoms with E-state index >= 15 is 0 Å². The van der Waals surface area contributed by atoms with Crippen molar-refractivity contribution in [1.82, 2.24) is 4.90 Å². The second-order valence-corrected chi connectivity index (χ2v) is 4.21. The maximum Gasteiger partial charge on any atom is 0.223 e. The van der Waals surface area contributed by atoms with Crippen molar-refractivity contribution in [3.63, 3.8) is 0 Å². The first-order valence-electron chi connectivity index (χ1n) is 5.67. The molecule has 0 fully saturated rings. The van der Waals surface area contributed by atoms with E-state index in [4.69, 9.17) is 15.2 Å². The zero-order valence-electron chi connectivity index (χ0n) is 11.3. The summed E-state index contributed by atoms with van der Waals surface area (Å²) in [5.41, 5.74) is 6.85. The summed E-state index contributed by atoms with van der Waals surface area (Å²) in [4.78, 5) is 13.1. The van der Waals surface area contributed by atoms with Crippen molar-refractivity contribution < 1.29 is 14.3 Å². The molecule has 0 aliphatic heterocycles. The number of nitrogens with zero attached hydrogens (tertiary/aromatic N) is 1. The Hall–Kier alpha value is -1.75. The molecule has 1 aromatic carbocycles. The summed E-state index contributed by atoms with van der Waals surface area (Å²) in [6, 6.07) is 5.08. The molecule has 0 saturated heterocycles. The van der Waals surface area contributed by atoms with Crippen LogP contribution in [-0.2, 0) is 4.79 Å². The standard InChI is InChI=1S/C13H20N2O3/c1-15(2)13(16)8-10(14)9-5-6-11(17-3)12(7-9)18-4/h5-7,10H,8,14H2,1-4H3. The van der Waals surface area contributed by atoms with E-state index in [2.05, 4.69) is 0 Å². The second-order valence-electron chi connectivity index (χ2n) is 4.21. The van der Waals surface area contributed by atoms with Gasteiger partial charge in [0.05, 0.1) is 14.2 Å². The molecule has 0 bridgehead atoms. The lowest BCUT2D eigenvalue weighted by Gasteiger charge is -2.17. The summed E-state index contributed by atoms with van der Waals surface area (Å²) in [6.45, 7) is 0. The number of hydrogen-bond donors (Lipinski definition) is 1. The molecular formula is C13H20N2O3. The molecule has 5 nitrogen and oxygen atoms in total. The predicted octanol–water partition coefficient (Wildman–Crippen LogP) is 1.18. The third-order valence-corrected chi connectivity index (χ3v) is 2.73. The van der Waals surface area contributed by atoms with E-state index in [-0.39, 0.29) is 18.4 Å². The molecule has 5 heteroatoms. The first-order chi connectivity index (χ1) is 8.49. The Bertz CT molecular complexity index is 419. The van der Waals surface area contributed by atoms with Crippen LogP contribution < -0.4 is 15.2 Å². The highest BCUT2D eigenvalue weighted by molar-refractivity contribution is 5.76. The predicted molar refractivity (Wildman–Crippen MR) is 69.8 cm³/mol. The number of carbonyl (C=O) groups excluding carboxylic acids is 1. The van der Waals surface area contributed by atoms with E-state index in [1.54, 1.807) is 40.4 Å². The van der Waals surface area contributed by atoms with Crippen LogP contribution in [0.25, 0.3) is 0 Å². The number of ether oxygens (including phenoxy) is 2. The number of amides is 1. The smallest absolute Gasteiger partial charge is 0.223 e. The number of rotatable bonds is 5. The molecule has 100 valence electrons. The van der Waals surface area contributed by atoms with Gasteiger partial charge in [-0.2, -0.15) is 0 Å². The van der Waals surface area contributed by atoms with Crippen LogP contribution in [0, 0.1) is 0 Å². The van der Waals surface area contributed by atoms with E-state index in [1.165, 1.54) is 4.90 Å². The zero-order valence-corrected chi connectivity index (χ0v) is 11.3. The SMILES string of the molecule is COc1ccc(C(N)CC(=O)N(C)C)cc1OC. The van der Waals surface area contributed by atoms with Crippen LogP contribution in [0.2, 0.25) is 0 Å². The Morgan fingerprint density at radius 2 is 1.89 bits per heavy atom. The van der Waals surface area contributed by atoms with Crippen LogP contribution in [0.4, 0.5) is 0 Å². The lowest BCUT2D eigenvalue weighted by atomic mass is 10.0. The highest BCUT2D eigenvalue weighted by Crippen LogP contribution is 2.30. The fourth-order valence-electron chi connectivity index (χ4n) is 1.57. The maximum absolute atomic E-state index is 11.6. The fourth-order valence-corrected chi connectivity index (χ4v) is 1.57. The van der Waals surface area contributed by atoms with Crippen LogP contribution in [0.1, 0.15) is 18.0 Å². The maximum atomic E-state index is 11.6. The van der Waals surface area contributed by atoms with Crippen LogP contribution in [-0.4, -0.2) is 39.1 Å². The van der Waals surface area contributed by atoms with Gasteiger partial charge in [-0.3, -0.25) is 4.79 Å². The molecule has 1 amide bonds. The van der Waals surface area contributed by atoms with E-state index in [1.807, 2.05) is 6.07 Å². The van der Waals surface area contributed by atoms with Gasteiger partial charge >= 0.3 is 0 Å². The zero-order chi connectivity index (χ0) is 13.7. The average Bonchev–Trinajstić information content (AvgIpc) is 2.37. The summed E-state index contributed by atoms with van der Waals surface area (Å²) < 4.78 is 10.4. The summed E-state index contributed by atoms with van der Waals surface area (Å²) in [6.07, 6.45) is 0.266. The minimum atomic E-state index is -0.347. The second kappa shape index (κ2) is 6.26. The van der Waals surface area contributed by atoms with Gasteiger partial charge in [-0.1, -0.05) is 6.07 Å². The third-order valence-electron chi connectivity index (χ3n) is 2.73. The molecule has 0 spiro atoms. The molecule has 0 radical (unpaired) electrons. The van der Waals surface area contributed by atoms with Gasteiger partial charge in [-0.25, -0.2) is 0 Å². The summed E-state index contributed by atoms with van der Waals surface area (Å²) in [5.74, 6) is 1.26. The lowest BCUT2D eigenvalue weighted by Crippen LogP contribution is -2.26. The van der Waals surface area contributed by atoms with Gasteiger partial charge in [0, 0.05) is 26.6 Å². The molecule has 1 unspecified atom stereocenters. The molecule has 0 saturated carbocycles. The van der Waals surface area contributed by atoms with Crippen molar-refractivity contribution in [2.75, 3.05) is 28.3 Å². The van der Waals surface area contributed by atoms with Crippen molar-refractivity contribution in [1.29, 1.82) is 0 Å². The van der Waals surface area contributed by atoms with Crippen LogP contribution in [0.5, 0.6) is 11.5 Å². The van der Waals surface area contributed by atoms with Gasteiger partial charge < -0.3 is 20.1 Å². The number of benzene rings is 1. The first-order valence-corrected chi connectivity index (χ1v) is 5.67. The Labute approximate surface area is 107 Å². The normalized spacial score (nSPS) is 11.8. The van der Waals surface area contributed by atoms with E-state index < -0.39 is 0 Å². The van der Waals surface area contributed by atoms with E-state index in [0.29, 0.717) is 11.5 Å². The number of methoxy groups -OCH3 is 2. The molecule has 0 heterocycles. The largest absolute Gasteiger partial charge is 0.493 e. The summed E-state index contributed by atoms with van der Waals surface area (Å²) in [5, 5.41) is 0. The van der Waals surface area contributed by atoms with E-state index in [9.17, 15) is 4.79 Å². The summed E-state index contributed by atoms with van der Waals surface area (Å²) >= 11 is 0. The van der Waals surface area contributed by atoms with Crippen LogP contribution >= 0.6 is 0 Å². The molecule has 18 heavy (non-hydrogen) atoms. The molecule has 0 aliphatic carbocycles. The Morgan fingerprint density at radius 3 is 2.39 bits per heavy atom. The molecule has 2 N–H and O–H groups in total. The molecule has 1 atom stereocenters. The monoisotopic (exact) mass is 252 g/mol. The fraction of sp³-hybridized carbons (Fsp3) is 0.462. The van der Waals surface area contributed by atoms with Gasteiger partial charge in [0.1, 0.15) is 0 Å². The van der Waals surface area contributed by atoms with Crippen LogP contribution in [0.15, 0.2) is 18.2 Å². The Kier molecular flexibility index (Phi) is 4.97. The van der Waals surface area contributed by atoms with Crippen molar-refractivity contribution in [3.8, 4) is 11.5 Å². The first kappa shape index (κ1) is 14.3. The molecule has 1 rings (SSSR count). The average molecular weight is 252 g/mol. The Balaban J connectivity index is 2.86. The number of carbonyl (C=O) groups is 1. The molecule has 0 aliphatic rings. The minimum absolute atomic E-state index is 0.00251. The number of nitrogens with two attached hydrogens (primary N) is 1. The van der Waals surface area contributed by atoms with Gasteiger partial charge in [-0.15, -0.1) is 0 Å². The van der Waals surface area contributed by atoms with Crippen LogP contribution in [0.3, 0.4) is 0 Å². The van der Waals surface area contributed by atoms with Gasteiger partial charge in [0.15, 0.2) is 11.5 Å². The van der Waals surface area contributed by atoms with Crippen molar-refractivity contribution in [3.05, 3.63) is 23.8 Å². The quantitative estimate of drug-likeness (QED) is 0.854. The molecule has 1 aromatic rings. The molecular weight excluding hydrogens is 232 g/mol. The van der Waals surface area contributed by atoms with Gasteiger partial charge in [0.2, 0.25) is 5.91 Å². The van der Waals surface area contributed by atoms with Gasteiger partial charge in [0.25, 0.3) is 0 Å². The number of hydrogen-bond acceptors (Lipinski definition) is 4. The third kappa shape index (κ3) is 3.37. The lowest BCUT2D eigenvalue weighted by molar-refractivity contribution is -0.129.